The van der Waals surface area contributed by atoms with E-state index in [1.54, 1.807) is 0 Å². The van der Waals surface area contributed by atoms with Crippen LogP contribution >= 0.6 is 0 Å². The van der Waals surface area contributed by atoms with Crippen LogP contribution in [0.1, 0.15) is 22.3 Å². The van der Waals surface area contributed by atoms with Crippen LogP contribution in [0.2, 0.25) is 0 Å². The van der Waals surface area contributed by atoms with Gasteiger partial charge in [0.15, 0.2) is 69.9 Å². The van der Waals surface area contributed by atoms with Crippen LogP contribution in [0.3, 0.4) is 0 Å². The van der Waals surface area contributed by atoms with Crippen molar-refractivity contribution in [3.63, 3.8) is 0 Å². The van der Waals surface area contributed by atoms with Gasteiger partial charge in [0.1, 0.15) is 22.6 Å². The standard InChI is InChI=1S/C32H8F8N8.Al.H2O/c33-17-1-9-10(2-18(17)34)26-41-25(9)45-27-11-3-19(35)20(36)4-12(11)29(42-27)47-31-15-7-23(39)24(40)8-16(15)32(44-31)48-30-14-6-22(38)21(37)5-13(14)28(43-30)46-26;;/h1-8H;;1H2/q-2;+2;. The number of halogens is 8. The number of amidine groups is 4. The summed E-state index contributed by atoms with van der Waals surface area (Å²) in [6.45, 7) is 0. The Morgan fingerprint density at radius 1 is 0.360 bits per heavy atom. The predicted octanol–water partition coefficient (Wildman–Crippen LogP) is 4.76. The van der Waals surface area contributed by atoms with Gasteiger partial charge in [0.05, 0.1) is 0 Å². The van der Waals surface area contributed by atoms with Crippen LogP contribution < -0.4 is 11.0 Å². The average Bonchev–Trinajstić information content (AvgIpc) is 3.72. The van der Waals surface area contributed by atoms with Crippen LogP contribution in [0.5, 0.6) is 0 Å². The maximum atomic E-state index is 14.9. The van der Waals surface area contributed by atoms with Crippen LogP contribution in [0.4, 0.5) is 46.8 Å². The van der Waals surface area contributed by atoms with Crippen molar-refractivity contribution < 1.29 is 40.6 Å². The number of hydrogen-bond acceptors (Lipinski definition) is 6. The molecular formula is C32H10AlF8N8O. The van der Waals surface area contributed by atoms with Gasteiger partial charge in [-0.3, -0.25) is 0 Å². The van der Waals surface area contributed by atoms with Crippen LogP contribution in [0, 0.1) is 46.5 Å². The van der Waals surface area contributed by atoms with Crippen molar-refractivity contribution in [3.8, 4) is 0 Å². The van der Waals surface area contributed by atoms with E-state index in [9.17, 15) is 35.1 Å². The first-order valence-electron chi connectivity index (χ1n) is 14.2. The summed E-state index contributed by atoms with van der Waals surface area (Å²) in [6, 6.07) is 6.94. The van der Waals surface area contributed by atoms with Gasteiger partial charge in [0, 0.05) is 43.8 Å². The molecule has 0 atom stereocenters. The molecule has 0 fully saturated rings. The molecule has 6 bridgehead atoms. The molecule has 0 amide bonds. The Kier molecular flexibility index (Phi) is 6.11. The monoisotopic (exact) mass is 701 g/mol. The summed E-state index contributed by atoms with van der Waals surface area (Å²) < 4.78 is 121. The number of fused-ring (bicyclic) bond motifs is 14. The molecule has 1 radical (unpaired) electrons. The van der Waals surface area contributed by atoms with Gasteiger partial charge < -0.3 is 12.6 Å². The summed E-state index contributed by atoms with van der Waals surface area (Å²) in [6.07, 6.45) is 0. The number of aliphatic imine (C=N–C) groups is 4. The Labute approximate surface area is 277 Å². The molecule has 4 aromatic carbocycles. The van der Waals surface area contributed by atoms with E-state index in [0.29, 0.717) is 0 Å². The fraction of sp³-hybridized carbons (Fsp3) is 0. The first-order valence-corrected chi connectivity index (χ1v) is 15.3. The van der Waals surface area contributed by atoms with Gasteiger partial charge in [-0.25, -0.2) is 65.1 Å². The second-order valence-electron chi connectivity index (χ2n) is 11.4. The highest BCUT2D eigenvalue weighted by atomic mass is 27.1. The second-order valence-corrected chi connectivity index (χ2v) is 12.6. The summed E-state index contributed by atoms with van der Waals surface area (Å²) in [7, 11) is 0. The van der Waals surface area contributed by atoms with E-state index in [2.05, 4.69) is 30.0 Å². The van der Waals surface area contributed by atoms with Crippen LogP contribution in [0.25, 0.3) is 21.5 Å². The minimum atomic E-state index is -1.48. The minimum absolute atomic E-state index is 0. The van der Waals surface area contributed by atoms with Crippen molar-refractivity contribution in [1.82, 2.24) is 7.10 Å². The molecule has 9 nitrogen and oxygen atoms in total. The third kappa shape index (κ3) is 3.97. The lowest BCUT2D eigenvalue weighted by Gasteiger charge is -2.11. The second kappa shape index (κ2) is 10.1. The van der Waals surface area contributed by atoms with Crippen molar-refractivity contribution in [2.75, 3.05) is 0 Å². The number of hydrogen-bond donors (Lipinski definition) is 0. The molecule has 2 aromatic heterocycles. The van der Waals surface area contributed by atoms with Crippen molar-refractivity contribution >= 4 is 72.2 Å². The molecule has 4 aliphatic heterocycles. The van der Waals surface area contributed by atoms with E-state index in [-0.39, 0.29) is 95.2 Å². The number of rotatable bonds is 0. The minimum Gasteiger partial charge on any atom is -0.412 e. The summed E-state index contributed by atoms with van der Waals surface area (Å²) in [5, 5.41) is 0.0716. The maximum Gasteiger partial charge on any atom is 0.568 e. The first kappa shape index (κ1) is 30.2. The quantitative estimate of drug-likeness (QED) is 0.161. The van der Waals surface area contributed by atoms with E-state index >= 15 is 0 Å². The molecule has 50 heavy (non-hydrogen) atoms. The van der Waals surface area contributed by atoms with Crippen LogP contribution in [-0.4, -0.2) is 51.6 Å². The topological polar surface area (TPSA) is 116 Å². The molecule has 10 rings (SSSR count). The number of nitrogens with zero attached hydrogens (tertiary/aromatic N) is 8. The lowest BCUT2D eigenvalue weighted by molar-refractivity contribution is 0.508. The Hall–Kier alpha value is -5.83. The van der Waals surface area contributed by atoms with Gasteiger partial charge in [-0.2, -0.15) is 0 Å². The maximum absolute atomic E-state index is 14.9. The van der Waals surface area contributed by atoms with Gasteiger partial charge in [-0.15, -0.1) is 0 Å². The number of benzene rings is 4. The van der Waals surface area contributed by atoms with E-state index in [1.165, 1.54) is 7.10 Å². The Balaban J connectivity index is 0.00000336. The third-order valence-electron chi connectivity index (χ3n) is 8.58. The largest absolute Gasteiger partial charge is 0.568 e. The lowest BCUT2D eigenvalue weighted by Crippen LogP contribution is -2.36. The summed E-state index contributed by atoms with van der Waals surface area (Å²) >= 11 is -1.48. The first-order chi connectivity index (χ1) is 23.5. The van der Waals surface area contributed by atoms with Crippen LogP contribution in [-0.2, 0) is 0 Å². The van der Waals surface area contributed by atoms with E-state index in [4.69, 9.17) is 0 Å². The Morgan fingerprint density at radius 2 is 0.660 bits per heavy atom. The fourth-order valence-corrected chi connectivity index (χ4v) is 7.82. The summed E-state index contributed by atoms with van der Waals surface area (Å²) in [5.74, 6) is -10.6. The van der Waals surface area contributed by atoms with Crippen molar-refractivity contribution in [1.29, 1.82) is 0 Å². The van der Waals surface area contributed by atoms with Crippen molar-refractivity contribution in [2.45, 2.75) is 0 Å². The van der Waals surface area contributed by atoms with E-state index in [0.717, 1.165) is 48.5 Å². The highest BCUT2D eigenvalue weighted by molar-refractivity contribution is 6.37. The zero-order valence-electron chi connectivity index (χ0n) is 24.3. The molecule has 243 valence electrons. The van der Waals surface area contributed by atoms with E-state index in [1.807, 2.05) is 0 Å². The highest BCUT2D eigenvalue weighted by Gasteiger charge is 2.32. The smallest absolute Gasteiger partial charge is 0.412 e. The molecule has 0 spiro atoms. The summed E-state index contributed by atoms with van der Waals surface area (Å²) in [4.78, 5) is 27.4. The molecule has 0 aliphatic carbocycles. The lowest BCUT2D eigenvalue weighted by atomic mass is 10.1. The van der Waals surface area contributed by atoms with Crippen LogP contribution in [0.15, 0.2) is 78.5 Å². The van der Waals surface area contributed by atoms with Crippen molar-refractivity contribution in [3.05, 3.63) is 128 Å². The summed E-state index contributed by atoms with van der Waals surface area (Å²) in [5.41, 5.74) is -0.0690. The zero-order valence-corrected chi connectivity index (χ0v) is 25.5. The molecule has 4 aliphatic rings. The van der Waals surface area contributed by atoms with Crippen molar-refractivity contribution in [2.24, 2.45) is 30.0 Å². The molecule has 6 aromatic rings. The van der Waals surface area contributed by atoms with Gasteiger partial charge in [-0.05, 0) is 48.5 Å². The Morgan fingerprint density at radius 3 is 1.02 bits per heavy atom. The molecule has 6 heterocycles. The molecule has 2 N–H and O–H groups in total. The normalized spacial score (nSPS) is 14.8. The van der Waals surface area contributed by atoms with Gasteiger partial charge >= 0.3 is 15.7 Å². The number of aromatic nitrogens is 2. The van der Waals surface area contributed by atoms with Gasteiger partial charge in [-0.1, -0.05) is 0 Å². The molecule has 18 heteroatoms. The zero-order chi connectivity index (χ0) is 33.6. The fourth-order valence-electron chi connectivity index (χ4n) is 6.36. The predicted molar refractivity (Wildman–Crippen MR) is 164 cm³/mol. The molecule has 0 unspecified atom stereocenters. The van der Waals surface area contributed by atoms with E-state index < -0.39 is 62.2 Å². The van der Waals surface area contributed by atoms with Gasteiger partial charge in [0.2, 0.25) is 0 Å². The SMILES string of the molecule is Fc1cc2c(cc1F)C1=Nc3c4cc(F)c(F)cc4c4[n]3[Al][n]3c(c5cc(F)c(F)cc5c3=NC3=NC(=N4)c4cc(F)c(F)cc43)=NC2=N1.O. The highest BCUT2D eigenvalue weighted by Crippen LogP contribution is 2.41. The third-order valence-corrected chi connectivity index (χ3v) is 10.0. The average molecular weight is 701 g/mol. The molecular weight excluding hydrogens is 691 g/mol. The van der Waals surface area contributed by atoms with Gasteiger partial charge in [0.25, 0.3) is 0 Å². The Bertz CT molecular complexity index is 2720. The molecule has 0 saturated carbocycles. The molecule has 0 saturated heterocycles.